The van der Waals surface area contributed by atoms with Crippen molar-refractivity contribution in [2.24, 2.45) is 0 Å². The maximum atomic E-state index is 11.9. The number of carbonyl (C=O) groups excluding carboxylic acids is 2. The number of anilines is 2. The van der Waals surface area contributed by atoms with Gasteiger partial charge in [-0.15, -0.1) is 0 Å². The van der Waals surface area contributed by atoms with Gasteiger partial charge in [0.05, 0.1) is 35.6 Å². The van der Waals surface area contributed by atoms with E-state index in [1.54, 1.807) is 36.4 Å². The van der Waals surface area contributed by atoms with E-state index in [0.29, 0.717) is 32.9 Å². The number of nitrogens with one attached hydrogen (secondary N) is 4. The van der Waals surface area contributed by atoms with Crippen molar-refractivity contribution in [3.8, 4) is 11.5 Å². The fourth-order valence-electron chi connectivity index (χ4n) is 1.82. The van der Waals surface area contributed by atoms with E-state index in [0.717, 1.165) is 0 Å². The summed E-state index contributed by atoms with van der Waals surface area (Å²) in [5, 5.41) is 0.681. The summed E-state index contributed by atoms with van der Waals surface area (Å²) in [4.78, 5) is 23.7. The molecule has 0 fully saturated rings. The highest BCUT2D eigenvalue weighted by Crippen LogP contribution is 2.26. The first-order chi connectivity index (χ1) is 12.4. The van der Waals surface area contributed by atoms with Crippen molar-refractivity contribution in [2.45, 2.75) is 0 Å². The van der Waals surface area contributed by atoms with Crippen molar-refractivity contribution in [1.29, 1.82) is 0 Å². The van der Waals surface area contributed by atoms with Gasteiger partial charge < -0.3 is 9.47 Å². The van der Waals surface area contributed by atoms with Crippen LogP contribution >= 0.6 is 23.2 Å². The van der Waals surface area contributed by atoms with Gasteiger partial charge in [0.15, 0.2) is 0 Å². The van der Waals surface area contributed by atoms with Gasteiger partial charge in [-0.3, -0.25) is 31.3 Å². The van der Waals surface area contributed by atoms with Gasteiger partial charge in [0.25, 0.3) is 0 Å². The molecule has 0 aromatic heterocycles. The van der Waals surface area contributed by atoms with Crippen LogP contribution in [0.5, 0.6) is 11.5 Å². The number of hydrogen-bond donors (Lipinski definition) is 4. The van der Waals surface area contributed by atoms with Crippen LogP contribution in [0.4, 0.5) is 11.4 Å². The monoisotopic (exact) mass is 398 g/mol. The first-order valence-electron chi connectivity index (χ1n) is 7.24. The maximum absolute atomic E-state index is 11.9. The van der Waals surface area contributed by atoms with Gasteiger partial charge in [0, 0.05) is 12.1 Å². The van der Waals surface area contributed by atoms with Crippen LogP contribution < -0.4 is 31.2 Å². The molecule has 0 spiro atoms. The minimum Gasteiger partial charge on any atom is -0.497 e. The summed E-state index contributed by atoms with van der Waals surface area (Å²) in [5.41, 5.74) is 10.3. The minimum absolute atomic E-state index is 0.341. The Bertz CT molecular complexity index is 749. The number of hydrazine groups is 2. The minimum atomic E-state index is -0.949. The summed E-state index contributed by atoms with van der Waals surface area (Å²) >= 11 is 12.0. The highest BCUT2D eigenvalue weighted by atomic mass is 35.5. The maximum Gasteiger partial charge on any atom is 0.329 e. The van der Waals surface area contributed by atoms with Gasteiger partial charge >= 0.3 is 11.8 Å². The van der Waals surface area contributed by atoms with Crippen molar-refractivity contribution in [2.75, 3.05) is 25.1 Å². The fraction of sp³-hybridized carbons (Fsp3) is 0.125. The van der Waals surface area contributed by atoms with Gasteiger partial charge in [-0.05, 0) is 24.3 Å². The fourth-order valence-corrected chi connectivity index (χ4v) is 2.15. The van der Waals surface area contributed by atoms with Crippen LogP contribution in [-0.4, -0.2) is 26.0 Å². The zero-order valence-corrected chi connectivity index (χ0v) is 15.4. The average Bonchev–Trinajstić information content (AvgIpc) is 2.66. The summed E-state index contributed by atoms with van der Waals surface area (Å²) in [6.45, 7) is 0. The Morgan fingerprint density at radius 3 is 1.50 bits per heavy atom. The van der Waals surface area contributed by atoms with E-state index in [4.69, 9.17) is 32.7 Å². The first-order valence-corrected chi connectivity index (χ1v) is 7.99. The van der Waals surface area contributed by atoms with Gasteiger partial charge in [0.1, 0.15) is 11.5 Å². The molecule has 0 aliphatic heterocycles. The van der Waals surface area contributed by atoms with Crippen LogP contribution in [0, 0.1) is 0 Å². The molecule has 2 aromatic rings. The predicted molar refractivity (Wildman–Crippen MR) is 99.5 cm³/mol. The molecule has 4 N–H and O–H groups in total. The molecule has 2 amide bonds. The average molecular weight is 399 g/mol. The molecule has 2 rings (SSSR count). The van der Waals surface area contributed by atoms with E-state index in [9.17, 15) is 9.59 Å². The predicted octanol–water partition coefficient (Wildman–Crippen LogP) is 2.60. The lowest BCUT2D eigenvalue weighted by Crippen LogP contribution is -2.44. The van der Waals surface area contributed by atoms with E-state index >= 15 is 0 Å². The molecular weight excluding hydrogens is 383 g/mol. The molecular formula is C16H16Cl2N4O4. The zero-order chi connectivity index (χ0) is 19.1. The molecule has 26 heavy (non-hydrogen) atoms. The molecule has 0 unspecified atom stereocenters. The Balaban J connectivity index is 1.91. The third-order valence-corrected chi connectivity index (χ3v) is 3.83. The van der Waals surface area contributed by atoms with Crippen LogP contribution in [0.25, 0.3) is 0 Å². The van der Waals surface area contributed by atoms with Crippen LogP contribution in [0.2, 0.25) is 10.0 Å². The molecule has 0 saturated carbocycles. The standard InChI is InChI=1S/C16H16Cl2N4O4/c1-25-9-3-5-11(17)13(7-9)19-21-15(23)16(24)22-20-14-8-10(26-2)4-6-12(14)18/h3-8,19-20H,1-2H3,(H,21,23)(H,22,24). The molecule has 8 nitrogen and oxygen atoms in total. The van der Waals surface area contributed by atoms with Crippen LogP contribution in [0.1, 0.15) is 0 Å². The van der Waals surface area contributed by atoms with Crippen molar-refractivity contribution < 1.29 is 19.1 Å². The molecule has 0 saturated heterocycles. The Labute approximate surface area is 159 Å². The summed E-state index contributed by atoms with van der Waals surface area (Å²) in [6, 6.07) is 9.61. The largest absolute Gasteiger partial charge is 0.497 e. The molecule has 0 aliphatic carbocycles. The van der Waals surface area contributed by atoms with Gasteiger partial charge in [-0.2, -0.15) is 0 Å². The van der Waals surface area contributed by atoms with Crippen molar-refractivity contribution in [3.05, 3.63) is 46.4 Å². The topological polar surface area (TPSA) is 101 Å². The third-order valence-electron chi connectivity index (χ3n) is 3.17. The quantitative estimate of drug-likeness (QED) is 0.440. The molecule has 0 aliphatic rings. The van der Waals surface area contributed by atoms with E-state index in [-0.39, 0.29) is 0 Å². The van der Waals surface area contributed by atoms with Crippen molar-refractivity contribution in [1.82, 2.24) is 10.9 Å². The number of rotatable bonds is 6. The number of carbonyl (C=O) groups is 2. The number of ether oxygens (including phenoxy) is 2. The van der Waals surface area contributed by atoms with Crippen molar-refractivity contribution >= 4 is 46.4 Å². The molecule has 0 radical (unpaired) electrons. The lowest BCUT2D eigenvalue weighted by atomic mass is 10.3. The van der Waals surface area contributed by atoms with E-state index in [1.165, 1.54) is 14.2 Å². The van der Waals surface area contributed by atoms with Gasteiger partial charge in [-0.25, -0.2) is 0 Å². The summed E-state index contributed by atoms with van der Waals surface area (Å²) in [6.07, 6.45) is 0. The van der Waals surface area contributed by atoms with Gasteiger partial charge in [-0.1, -0.05) is 23.2 Å². The lowest BCUT2D eigenvalue weighted by Gasteiger charge is -2.13. The SMILES string of the molecule is COc1ccc(Cl)c(NNC(=O)C(=O)NNc2cc(OC)ccc2Cl)c1. The summed E-state index contributed by atoms with van der Waals surface area (Å²) < 4.78 is 10.1. The molecule has 0 atom stereocenters. The molecule has 0 heterocycles. The Morgan fingerprint density at radius 2 is 1.15 bits per heavy atom. The molecule has 10 heteroatoms. The Kier molecular flexibility index (Phi) is 6.76. The number of halogens is 2. The van der Waals surface area contributed by atoms with Crippen LogP contribution in [0.3, 0.4) is 0 Å². The zero-order valence-electron chi connectivity index (χ0n) is 13.9. The second-order valence-electron chi connectivity index (χ2n) is 4.85. The van der Waals surface area contributed by atoms with E-state index in [2.05, 4.69) is 21.7 Å². The molecule has 138 valence electrons. The number of methoxy groups -OCH3 is 2. The summed E-state index contributed by atoms with van der Waals surface area (Å²) in [7, 11) is 2.99. The highest BCUT2D eigenvalue weighted by Gasteiger charge is 2.14. The Hall–Kier alpha value is -2.84. The van der Waals surface area contributed by atoms with Gasteiger partial charge in [0.2, 0.25) is 0 Å². The third kappa shape index (κ3) is 5.08. The first kappa shape index (κ1) is 19.5. The lowest BCUT2D eigenvalue weighted by molar-refractivity contribution is -0.138. The van der Waals surface area contributed by atoms with Crippen molar-refractivity contribution in [3.63, 3.8) is 0 Å². The number of amides is 2. The second-order valence-corrected chi connectivity index (χ2v) is 5.66. The highest BCUT2D eigenvalue weighted by molar-refractivity contribution is 6.36. The molecule has 0 bridgehead atoms. The van der Waals surface area contributed by atoms with Crippen LogP contribution in [-0.2, 0) is 9.59 Å². The number of benzene rings is 2. The van der Waals surface area contributed by atoms with E-state index < -0.39 is 11.8 Å². The Morgan fingerprint density at radius 1 is 0.769 bits per heavy atom. The van der Waals surface area contributed by atoms with Crippen LogP contribution in [0.15, 0.2) is 36.4 Å². The van der Waals surface area contributed by atoms with E-state index in [1.807, 2.05) is 0 Å². The molecule has 2 aromatic carbocycles. The normalized spacial score (nSPS) is 9.85. The summed E-state index contributed by atoms with van der Waals surface area (Å²) in [5.74, 6) is -0.833. The number of hydrogen-bond acceptors (Lipinski definition) is 6. The second kappa shape index (κ2) is 9.02. The smallest absolute Gasteiger partial charge is 0.329 e.